The Labute approximate surface area is 111 Å². The Hall–Kier alpha value is -1.81. The van der Waals surface area contributed by atoms with Crippen LogP contribution in [0, 0.1) is 0 Å². The lowest BCUT2D eigenvalue weighted by Crippen LogP contribution is -2.42. The SMILES string of the molecule is CC1(C)CC(O)CN1C(=O)c1coc2ccccc12. The lowest BCUT2D eigenvalue weighted by atomic mass is 10.0. The van der Waals surface area contributed by atoms with E-state index in [1.165, 1.54) is 6.26 Å². The van der Waals surface area contributed by atoms with Crippen LogP contribution < -0.4 is 0 Å². The van der Waals surface area contributed by atoms with Gasteiger partial charge in [0.2, 0.25) is 0 Å². The summed E-state index contributed by atoms with van der Waals surface area (Å²) in [6.45, 7) is 4.33. The van der Waals surface area contributed by atoms with Gasteiger partial charge in [0.05, 0.1) is 11.7 Å². The molecule has 1 unspecified atom stereocenters. The van der Waals surface area contributed by atoms with Gasteiger partial charge in [-0.2, -0.15) is 0 Å². The van der Waals surface area contributed by atoms with E-state index in [0.29, 0.717) is 24.1 Å². The summed E-state index contributed by atoms with van der Waals surface area (Å²) in [5.41, 5.74) is 0.954. The van der Waals surface area contributed by atoms with Crippen LogP contribution in [0.4, 0.5) is 0 Å². The molecule has 1 fully saturated rings. The van der Waals surface area contributed by atoms with Gasteiger partial charge in [-0.15, -0.1) is 0 Å². The molecule has 0 saturated carbocycles. The maximum atomic E-state index is 12.6. The monoisotopic (exact) mass is 259 g/mol. The molecule has 0 aliphatic carbocycles. The number of likely N-dealkylation sites (tertiary alicyclic amines) is 1. The van der Waals surface area contributed by atoms with Crippen molar-refractivity contribution < 1.29 is 14.3 Å². The van der Waals surface area contributed by atoms with Crippen molar-refractivity contribution >= 4 is 16.9 Å². The van der Waals surface area contributed by atoms with E-state index in [9.17, 15) is 9.90 Å². The third kappa shape index (κ3) is 1.92. The molecule has 1 aromatic carbocycles. The summed E-state index contributed by atoms with van der Waals surface area (Å²) in [4.78, 5) is 14.4. The number of aliphatic hydroxyl groups is 1. The van der Waals surface area contributed by atoms with Crippen molar-refractivity contribution in [1.82, 2.24) is 4.90 Å². The van der Waals surface area contributed by atoms with Gasteiger partial charge in [0.15, 0.2) is 0 Å². The van der Waals surface area contributed by atoms with E-state index in [2.05, 4.69) is 0 Å². The number of benzene rings is 1. The molecule has 2 aromatic rings. The Kier molecular flexibility index (Phi) is 2.64. The van der Waals surface area contributed by atoms with Crippen molar-refractivity contribution in [1.29, 1.82) is 0 Å². The van der Waals surface area contributed by atoms with E-state index in [0.717, 1.165) is 5.39 Å². The van der Waals surface area contributed by atoms with Gasteiger partial charge < -0.3 is 14.4 Å². The molecule has 1 amide bonds. The predicted octanol–water partition coefficient (Wildman–Crippen LogP) is 2.42. The van der Waals surface area contributed by atoms with Crippen LogP contribution in [-0.2, 0) is 0 Å². The van der Waals surface area contributed by atoms with Crippen LogP contribution in [0.1, 0.15) is 30.6 Å². The predicted molar refractivity (Wildman–Crippen MR) is 72.0 cm³/mol. The quantitative estimate of drug-likeness (QED) is 0.855. The first-order valence-corrected chi connectivity index (χ1v) is 6.45. The molecule has 0 radical (unpaired) electrons. The normalized spacial score (nSPS) is 22.1. The van der Waals surface area contributed by atoms with E-state index < -0.39 is 6.10 Å². The van der Waals surface area contributed by atoms with E-state index in [-0.39, 0.29) is 11.4 Å². The Morgan fingerprint density at radius 2 is 2.16 bits per heavy atom. The summed E-state index contributed by atoms with van der Waals surface area (Å²) in [6, 6.07) is 7.49. The smallest absolute Gasteiger partial charge is 0.258 e. The lowest BCUT2D eigenvalue weighted by molar-refractivity contribution is 0.0642. The minimum Gasteiger partial charge on any atom is -0.463 e. The molecule has 0 spiro atoms. The number of β-amino-alcohol motifs (C(OH)–C–C–N with tert-alkyl or cyclic N) is 1. The van der Waals surface area contributed by atoms with Gasteiger partial charge in [0, 0.05) is 17.5 Å². The molecule has 19 heavy (non-hydrogen) atoms. The van der Waals surface area contributed by atoms with E-state index in [4.69, 9.17) is 4.42 Å². The Morgan fingerprint density at radius 3 is 2.84 bits per heavy atom. The Balaban J connectivity index is 2.01. The number of aliphatic hydroxyl groups excluding tert-OH is 1. The van der Waals surface area contributed by atoms with E-state index in [1.54, 1.807) is 4.90 Å². The zero-order chi connectivity index (χ0) is 13.6. The fourth-order valence-corrected chi connectivity index (χ4v) is 2.86. The van der Waals surface area contributed by atoms with Crippen LogP contribution in [0.25, 0.3) is 11.0 Å². The number of rotatable bonds is 1. The molecule has 4 nitrogen and oxygen atoms in total. The largest absolute Gasteiger partial charge is 0.463 e. The summed E-state index contributed by atoms with van der Waals surface area (Å²) in [5, 5.41) is 10.6. The molecule has 0 bridgehead atoms. The molecular formula is C15H17NO3. The summed E-state index contributed by atoms with van der Waals surface area (Å²) in [5.74, 6) is -0.0773. The third-order valence-electron chi connectivity index (χ3n) is 3.82. The minimum atomic E-state index is -0.447. The van der Waals surface area contributed by atoms with Crippen molar-refractivity contribution in [2.75, 3.05) is 6.54 Å². The van der Waals surface area contributed by atoms with Crippen LogP contribution in [0.5, 0.6) is 0 Å². The average molecular weight is 259 g/mol. The van der Waals surface area contributed by atoms with Crippen LogP contribution in [-0.4, -0.2) is 34.1 Å². The first-order chi connectivity index (χ1) is 8.99. The minimum absolute atomic E-state index is 0.0773. The molecule has 100 valence electrons. The maximum absolute atomic E-state index is 12.6. The molecular weight excluding hydrogens is 242 g/mol. The van der Waals surface area contributed by atoms with Gasteiger partial charge in [-0.25, -0.2) is 0 Å². The highest BCUT2D eigenvalue weighted by Crippen LogP contribution is 2.32. The van der Waals surface area contributed by atoms with Crippen LogP contribution in [0.15, 0.2) is 34.9 Å². The molecule has 1 aromatic heterocycles. The average Bonchev–Trinajstić information content (AvgIpc) is 2.89. The second kappa shape index (κ2) is 4.10. The summed E-state index contributed by atoms with van der Waals surface area (Å²) >= 11 is 0. The standard InChI is InChI=1S/C15H17NO3/c1-15(2)7-10(17)8-16(15)14(18)12-9-19-13-6-4-3-5-11(12)13/h3-6,9-10,17H,7-8H2,1-2H3. The maximum Gasteiger partial charge on any atom is 0.258 e. The van der Waals surface area contributed by atoms with E-state index in [1.807, 2.05) is 38.1 Å². The fraction of sp³-hybridized carbons (Fsp3) is 0.400. The number of carbonyl (C=O) groups is 1. The number of para-hydroxylation sites is 1. The molecule has 2 heterocycles. The molecule has 4 heteroatoms. The third-order valence-corrected chi connectivity index (χ3v) is 3.82. The number of furan rings is 1. The van der Waals surface area contributed by atoms with Crippen molar-refractivity contribution in [3.8, 4) is 0 Å². The second-order valence-electron chi connectivity index (χ2n) is 5.73. The van der Waals surface area contributed by atoms with Gasteiger partial charge in [0.25, 0.3) is 5.91 Å². The molecule has 1 aliphatic rings. The van der Waals surface area contributed by atoms with E-state index >= 15 is 0 Å². The highest BCUT2D eigenvalue weighted by Gasteiger charge is 2.41. The summed E-state index contributed by atoms with van der Waals surface area (Å²) < 4.78 is 5.41. The zero-order valence-electron chi connectivity index (χ0n) is 11.1. The molecule has 3 rings (SSSR count). The first-order valence-electron chi connectivity index (χ1n) is 6.45. The van der Waals surface area contributed by atoms with Gasteiger partial charge in [-0.1, -0.05) is 18.2 Å². The van der Waals surface area contributed by atoms with Gasteiger partial charge in [-0.05, 0) is 26.3 Å². The lowest BCUT2D eigenvalue weighted by Gasteiger charge is -2.30. The van der Waals surface area contributed by atoms with Gasteiger partial charge in [0.1, 0.15) is 11.8 Å². The summed E-state index contributed by atoms with van der Waals surface area (Å²) in [6.07, 6.45) is 1.67. The molecule has 1 saturated heterocycles. The molecule has 1 N–H and O–H groups in total. The topological polar surface area (TPSA) is 53.7 Å². The second-order valence-corrected chi connectivity index (χ2v) is 5.73. The van der Waals surface area contributed by atoms with Crippen molar-refractivity contribution in [2.24, 2.45) is 0 Å². The zero-order valence-corrected chi connectivity index (χ0v) is 11.1. The molecule has 1 aliphatic heterocycles. The Morgan fingerprint density at radius 1 is 1.42 bits per heavy atom. The summed E-state index contributed by atoms with van der Waals surface area (Å²) in [7, 11) is 0. The number of hydrogen-bond donors (Lipinski definition) is 1. The van der Waals surface area contributed by atoms with Gasteiger partial charge >= 0.3 is 0 Å². The number of carbonyl (C=O) groups excluding carboxylic acids is 1. The fourth-order valence-electron chi connectivity index (χ4n) is 2.86. The van der Waals surface area contributed by atoms with Crippen LogP contribution >= 0.6 is 0 Å². The highest BCUT2D eigenvalue weighted by molar-refractivity contribution is 6.06. The Bertz CT molecular complexity index is 629. The number of nitrogens with zero attached hydrogens (tertiary/aromatic N) is 1. The van der Waals surface area contributed by atoms with Crippen molar-refractivity contribution in [2.45, 2.75) is 31.9 Å². The number of fused-ring (bicyclic) bond motifs is 1. The highest BCUT2D eigenvalue weighted by atomic mass is 16.3. The number of amides is 1. The molecule has 1 atom stereocenters. The van der Waals surface area contributed by atoms with Crippen LogP contribution in [0.2, 0.25) is 0 Å². The van der Waals surface area contributed by atoms with Crippen LogP contribution in [0.3, 0.4) is 0 Å². The van der Waals surface area contributed by atoms with Gasteiger partial charge in [-0.3, -0.25) is 4.79 Å². The van der Waals surface area contributed by atoms with Crippen molar-refractivity contribution in [3.05, 3.63) is 36.1 Å². The first kappa shape index (κ1) is 12.2. The number of hydrogen-bond acceptors (Lipinski definition) is 3. The van der Waals surface area contributed by atoms with Crippen molar-refractivity contribution in [3.63, 3.8) is 0 Å².